The summed E-state index contributed by atoms with van der Waals surface area (Å²) in [4.78, 5) is 4.94. The average molecular weight is 415 g/mol. The zero-order valence-corrected chi connectivity index (χ0v) is 18.1. The van der Waals surface area contributed by atoms with E-state index in [1.165, 1.54) is 32.1 Å². The predicted molar refractivity (Wildman–Crippen MR) is 120 cm³/mol. The second kappa shape index (κ2) is 9.64. The van der Waals surface area contributed by atoms with E-state index in [2.05, 4.69) is 35.8 Å². The van der Waals surface area contributed by atoms with Gasteiger partial charge in [0.25, 0.3) is 0 Å². The Morgan fingerprint density at radius 2 is 1.86 bits per heavy atom. The molecule has 2 aromatic carbocycles. The van der Waals surface area contributed by atoms with Gasteiger partial charge >= 0.3 is 0 Å². The smallest absolute Gasteiger partial charge is 0.122 e. The standard InChI is InChI=1S/C24H30N2O2.ClH/c1-17-12-13-18(2)23(14-17)28-16-20(27)15-26-22-11-7-6-10-21(22)25-24(26)19-8-4-3-5-9-19;/h6-7,10-14,19-20,27H,3-5,8-9,15-16H2,1-2H3;1H. The molecule has 0 saturated heterocycles. The van der Waals surface area contributed by atoms with Crippen LogP contribution in [-0.4, -0.2) is 27.4 Å². The molecule has 5 heteroatoms. The highest BCUT2D eigenvalue weighted by Gasteiger charge is 2.23. The van der Waals surface area contributed by atoms with Gasteiger partial charge in [-0.3, -0.25) is 0 Å². The predicted octanol–water partition coefficient (Wildman–Crippen LogP) is 5.56. The lowest BCUT2D eigenvalue weighted by atomic mass is 9.88. The normalized spacial score (nSPS) is 15.8. The van der Waals surface area contributed by atoms with Crippen LogP contribution >= 0.6 is 12.4 Å². The summed E-state index contributed by atoms with van der Waals surface area (Å²) in [6.07, 6.45) is 5.66. The third-order valence-corrected chi connectivity index (χ3v) is 5.82. The second-order valence-electron chi connectivity index (χ2n) is 8.14. The van der Waals surface area contributed by atoms with E-state index in [0.29, 0.717) is 12.5 Å². The van der Waals surface area contributed by atoms with Gasteiger partial charge in [0.05, 0.1) is 17.6 Å². The molecule has 29 heavy (non-hydrogen) atoms. The molecule has 4 nitrogen and oxygen atoms in total. The lowest BCUT2D eigenvalue weighted by molar-refractivity contribution is 0.0918. The van der Waals surface area contributed by atoms with Crippen LogP contribution in [0.3, 0.4) is 0 Å². The van der Waals surface area contributed by atoms with Gasteiger partial charge in [0, 0.05) is 5.92 Å². The molecule has 1 aliphatic rings. The Morgan fingerprint density at radius 1 is 1.10 bits per heavy atom. The number of aryl methyl sites for hydroxylation is 2. The van der Waals surface area contributed by atoms with Crippen LogP contribution in [0.5, 0.6) is 5.75 Å². The van der Waals surface area contributed by atoms with E-state index in [0.717, 1.165) is 33.7 Å². The summed E-state index contributed by atoms with van der Waals surface area (Å²) in [6.45, 7) is 4.88. The highest BCUT2D eigenvalue weighted by atomic mass is 35.5. The summed E-state index contributed by atoms with van der Waals surface area (Å²) in [5.41, 5.74) is 4.38. The van der Waals surface area contributed by atoms with E-state index in [9.17, 15) is 5.11 Å². The molecular formula is C24H31ClN2O2. The highest BCUT2D eigenvalue weighted by Crippen LogP contribution is 2.34. The van der Waals surface area contributed by atoms with E-state index in [-0.39, 0.29) is 19.0 Å². The number of ether oxygens (including phenoxy) is 1. The fraction of sp³-hybridized carbons (Fsp3) is 0.458. The van der Waals surface area contributed by atoms with Crippen molar-refractivity contribution in [3.63, 3.8) is 0 Å². The Hall–Kier alpha value is -2.04. The maximum atomic E-state index is 10.8. The third-order valence-electron chi connectivity index (χ3n) is 5.82. The number of aliphatic hydroxyl groups is 1. The summed E-state index contributed by atoms with van der Waals surface area (Å²) in [5, 5.41) is 10.8. The zero-order valence-electron chi connectivity index (χ0n) is 17.3. The van der Waals surface area contributed by atoms with Crippen LogP contribution in [0.2, 0.25) is 0 Å². The van der Waals surface area contributed by atoms with Crippen LogP contribution in [0.1, 0.15) is 55.0 Å². The highest BCUT2D eigenvalue weighted by molar-refractivity contribution is 5.85. The Kier molecular flexibility index (Phi) is 7.20. The quantitative estimate of drug-likeness (QED) is 0.574. The minimum atomic E-state index is -0.583. The van der Waals surface area contributed by atoms with Crippen LogP contribution in [0, 0.1) is 13.8 Å². The van der Waals surface area contributed by atoms with Crippen LogP contribution < -0.4 is 4.74 Å². The number of aromatic nitrogens is 2. The van der Waals surface area contributed by atoms with E-state index in [4.69, 9.17) is 9.72 Å². The second-order valence-corrected chi connectivity index (χ2v) is 8.14. The Morgan fingerprint density at radius 3 is 2.66 bits per heavy atom. The van der Waals surface area contributed by atoms with E-state index < -0.39 is 6.10 Å². The van der Waals surface area contributed by atoms with Crippen molar-refractivity contribution in [1.29, 1.82) is 0 Å². The van der Waals surface area contributed by atoms with E-state index in [1.807, 2.05) is 25.1 Å². The molecule has 3 aromatic rings. The maximum Gasteiger partial charge on any atom is 0.122 e. The monoisotopic (exact) mass is 414 g/mol. The number of benzene rings is 2. The van der Waals surface area contributed by atoms with Crippen molar-refractivity contribution in [3.05, 3.63) is 59.4 Å². The van der Waals surface area contributed by atoms with Crippen molar-refractivity contribution in [1.82, 2.24) is 9.55 Å². The first-order chi connectivity index (χ1) is 13.6. The van der Waals surface area contributed by atoms with Crippen molar-refractivity contribution in [2.45, 2.75) is 64.5 Å². The molecule has 0 aliphatic heterocycles. The van der Waals surface area contributed by atoms with Crippen molar-refractivity contribution >= 4 is 23.4 Å². The number of fused-ring (bicyclic) bond motifs is 1. The molecular weight excluding hydrogens is 384 g/mol. The van der Waals surface area contributed by atoms with E-state index >= 15 is 0 Å². The largest absolute Gasteiger partial charge is 0.491 e. The lowest BCUT2D eigenvalue weighted by Gasteiger charge is -2.23. The molecule has 1 aliphatic carbocycles. The first-order valence-electron chi connectivity index (χ1n) is 10.4. The molecule has 1 unspecified atom stereocenters. The number of imidazole rings is 1. The van der Waals surface area contributed by atoms with Gasteiger partial charge in [0.1, 0.15) is 24.3 Å². The Labute approximate surface area is 179 Å². The summed E-state index contributed by atoms with van der Waals surface area (Å²) in [5.74, 6) is 2.47. The summed E-state index contributed by atoms with van der Waals surface area (Å²) in [6, 6.07) is 14.4. The summed E-state index contributed by atoms with van der Waals surface area (Å²) >= 11 is 0. The van der Waals surface area contributed by atoms with Crippen molar-refractivity contribution < 1.29 is 9.84 Å². The molecule has 0 spiro atoms. The van der Waals surface area contributed by atoms with Crippen molar-refractivity contribution in [2.75, 3.05) is 6.61 Å². The third kappa shape index (κ3) is 4.93. The van der Waals surface area contributed by atoms with Gasteiger partial charge in [-0.15, -0.1) is 12.4 Å². The number of aliphatic hydroxyl groups excluding tert-OH is 1. The zero-order chi connectivity index (χ0) is 19.5. The first-order valence-corrected chi connectivity index (χ1v) is 10.4. The van der Waals surface area contributed by atoms with Gasteiger partial charge in [0.15, 0.2) is 0 Å². The van der Waals surface area contributed by atoms with Crippen molar-refractivity contribution in [3.8, 4) is 5.75 Å². The van der Waals surface area contributed by atoms with Crippen LogP contribution in [0.15, 0.2) is 42.5 Å². The van der Waals surface area contributed by atoms with Gasteiger partial charge in [-0.05, 0) is 56.0 Å². The molecule has 1 heterocycles. The van der Waals surface area contributed by atoms with Crippen LogP contribution in [0.4, 0.5) is 0 Å². The fourth-order valence-electron chi connectivity index (χ4n) is 4.27. The molecule has 0 radical (unpaired) electrons. The Balaban J connectivity index is 0.00000240. The van der Waals surface area contributed by atoms with Crippen molar-refractivity contribution in [2.24, 2.45) is 0 Å². The fourth-order valence-corrected chi connectivity index (χ4v) is 4.27. The molecule has 4 rings (SSSR count). The molecule has 1 N–H and O–H groups in total. The molecule has 1 aromatic heterocycles. The topological polar surface area (TPSA) is 47.3 Å². The van der Waals surface area contributed by atoms with Gasteiger partial charge in [-0.2, -0.15) is 0 Å². The summed E-state index contributed by atoms with van der Waals surface area (Å²) < 4.78 is 8.17. The molecule has 1 fully saturated rings. The average Bonchev–Trinajstić information content (AvgIpc) is 3.08. The van der Waals surface area contributed by atoms with Gasteiger partial charge in [0.2, 0.25) is 0 Å². The molecule has 1 saturated carbocycles. The maximum absolute atomic E-state index is 10.8. The SMILES string of the molecule is Cc1ccc(C)c(OCC(O)Cn2c(C3CCCCC3)nc3ccccc32)c1.Cl. The number of hydrogen-bond donors (Lipinski definition) is 1. The number of para-hydroxylation sites is 2. The minimum Gasteiger partial charge on any atom is -0.491 e. The minimum absolute atomic E-state index is 0. The molecule has 156 valence electrons. The number of nitrogens with zero attached hydrogens (tertiary/aromatic N) is 2. The first kappa shape index (κ1) is 21.7. The molecule has 0 amide bonds. The molecule has 1 atom stereocenters. The summed E-state index contributed by atoms with van der Waals surface area (Å²) in [7, 11) is 0. The van der Waals surface area contributed by atoms with Crippen LogP contribution in [0.25, 0.3) is 11.0 Å². The number of hydrogen-bond acceptors (Lipinski definition) is 3. The number of rotatable bonds is 6. The molecule has 0 bridgehead atoms. The van der Waals surface area contributed by atoms with Gasteiger partial charge < -0.3 is 14.4 Å². The van der Waals surface area contributed by atoms with E-state index in [1.54, 1.807) is 0 Å². The van der Waals surface area contributed by atoms with Gasteiger partial charge in [-0.25, -0.2) is 4.98 Å². The Bertz CT molecular complexity index is 947. The number of halogens is 1. The van der Waals surface area contributed by atoms with Gasteiger partial charge in [-0.1, -0.05) is 43.5 Å². The van der Waals surface area contributed by atoms with Crippen LogP contribution in [-0.2, 0) is 6.54 Å². The lowest BCUT2D eigenvalue weighted by Crippen LogP contribution is -2.25.